The molecule has 2 aliphatic rings. The molecule has 9 heteroatoms. The number of benzene rings is 3. The third-order valence-corrected chi connectivity index (χ3v) is 7.98. The Labute approximate surface area is 217 Å². The van der Waals surface area contributed by atoms with E-state index >= 15 is 0 Å². The van der Waals surface area contributed by atoms with Crippen LogP contribution in [0.1, 0.15) is 47.8 Å². The predicted molar refractivity (Wildman–Crippen MR) is 141 cm³/mol. The summed E-state index contributed by atoms with van der Waals surface area (Å²) in [4.78, 5) is 43.0. The van der Waals surface area contributed by atoms with Crippen LogP contribution in [-0.4, -0.2) is 68.0 Å². The van der Waals surface area contributed by atoms with Gasteiger partial charge in [-0.3, -0.25) is 14.4 Å². The second-order valence-electron chi connectivity index (χ2n) is 8.60. The van der Waals surface area contributed by atoms with Crippen molar-refractivity contribution in [2.45, 2.75) is 5.75 Å². The summed E-state index contributed by atoms with van der Waals surface area (Å²) in [5, 5.41) is 20.7. The third kappa shape index (κ3) is 4.36. The maximum atomic E-state index is 13.2. The van der Waals surface area contributed by atoms with Gasteiger partial charge in [0.05, 0.1) is 11.1 Å². The van der Waals surface area contributed by atoms with Crippen molar-refractivity contribution in [3.05, 3.63) is 94.0 Å². The van der Waals surface area contributed by atoms with Crippen molar-refractivity contribution in [2.75, 3.05) is 26.2 Å². The number of fused-ring (bicyclic) bond motifs is 2. The lowest BCUT2D eigenvalue weighted by Crippen LogP contribution is -2.49. The van der Waals surface area contributed by atoms with Crippen LogP contribution in [-0.2, 0) is 5.75 Å². The van der Waals surface area contributed by atoms with E-state index in [1.165, 1.54) is 35.9 Å². The number of phenols is 2. The molecule has 5 rings (SSSR count). The van der Waals surface area contributed by atoms with E-state index in [0.717, 1.165) is 10.1 Å². The Bertz CT molecular complexity index is 1400. The average molecular weight is 519 g/mol. The Hall–Kier alpha value is -3.69. The average Bonchev–Trinajstić information content (AvgIpc) is 2.90. The number of phenolic OH excluding ortho intramolecular Hbond substituents is 2. The van der Waals surface area contributed by atoms with Gasteiger partial charge < -0.3 is 20.0 Å². The first kappa shape index (κ1) is 24.0. The van der Waals surface area contributed by atoms with Crippen LogP contribution in [0.3, 0.4) is 0 Å². The molecule has 0 spiro atoms. The predicted octanol–water partition coefficient (Wildman–Crippen LogP) is 3.85. The van der Waals surface area contributed by atoms with Crippen LogP contribution in [0.5, 0.6) is 11.5 Å². The van der Waals surface area contributed by atoms with Crippen molar-refractivity contribution in [1.82, 2.24) is 9.80 Å². The van der Waals surface area contributed by atoms with Gasteiger partial charge in [-0.1, -0.05) is 66.4 Å². The molecule has 0 aromatic heterocycles. The molecular formula is C27H22N2O5S2. The summed E-state index contributed by atoms with van der Waals surface area (Å²) >= 11 is 7.17. The highest BCUT2D eigenvalue weighted by molar-refractivity contribution is 8.22. The van der Waals surface area contributed by atoms with Gasteiger partial charge in [-0.05, 0) is 23.8 Å². The Morgan fingerprint density at radius 3 is 2.19 bits per heavy atom. The first-order valence-electron chi connectivity index (χ1n) is 11.4. The molecule has 1 saturated heterocycles. The Kier molecular flexibility index (Phi) is 6.51. The molecule has 2 N–H and O–H groups in total. The highest BCUT2D eigenvalue weighted by atomic mass is 32.2. The zero-order valence-electron chi connectivity index (χ0n) is 19.1. The molecule has 3 aromatic carbocycles. The molecule has 1 aliphatic heterocycles. The second-order valence-corrected chi connectivity index (χ2v) is 10.2. The first-order valence-corrected chi connectivity index (χ1v) is 12.8. The lowest BCUT2D eigenvalue weighted by atomic mass is 9.82. The number of carbonyl (C=O) groups is 3. The number of hydrogen-bond acceptors (Lipinski definition) is 7. The minimum Gasteiger partial charge on any atom is -0.507 e. The molecule has 0 saturated carbocycles. The fourth-order valence-corrected chi connectivity index (χ4v) is 5.70. The minimum absolute atomic E-state index is 0.0430. The van der Waals surface area contributed by atoms with Crippen LogP contribution >= 0.6 is 24.0 Å². The lowest BCUT2D eigenvalue weighted by molar-refractivity contribution is 0.0694. The van der Waals surface area contributed by atoms with Crippen molar-refractivity contribution in [3.63, 3.8) is 0 Å². The number of hydrogen-bond donors (Lipinski definition) is 2. The number of ketones is 2. The quantitative estimate of drug-likeness (QED) is 0.395. The molecule has 182 valence electrons. The van der Waals surface area contributed by atoms with Crippen molar-refractivity contribution in [3.8, 4) is 11.5 Å². The van der Waals surface area contributed by atoms with Gasteiger partial charge in [0.15, 0.2) is 5.78 Å². The largest absolute Gasteiger partial charge is 0.507 e. The van der Waals surface area contributed by atoms with Gasteiger partial charge in [-0.15, -0.1) is 0 Å². The molecule has 1 aliphatic carbocycles. The van der Waals surface area contributed by atoms with Crippen LogP contribution in [0, 0.1) is 0 Å². The molecular weight excluding hydrogens is 496 g/mol. The summed E-state index contributed by atoms with van der Waals surface area (Å²) in [7, 11) is 0. The normalized spacial score (nSPS) is 14.9. The van der Waals surface area contributed by atoms with Gasteiger partial charge in [0.25, 0.3) is 5.91 Å². The molecule has 0 unspecified atom stereocenters. The monoisotopic (exact) mass is 518 g/mol. The van der Waals surface area contributed by atoms with E-state index in [1.54, 1.807) is 16.7 Å². The van der Waals surface area contributed by atoms with Gasteiger partial charge in [0.1, 0.15) is 15.8 Å². The third-order valence-electron chi connectivity index (χ3n) is 6.38. The highest BCUT2D eigenvalue weighted by Gasteiger charge is 2.35. The number of carbonyl (C=O) groups excluding carboxylic acids is 3. The van der Waals surface area contributed by atoms with Gasteiger partial charge in [-0.2, -0.15) is 0 Å². The molecule has 1 fully saturated rings. The molecule has 3 aromatic rings. The van der Waals surface area contributed by atoms with E-state index in [9.17, 15) is 24.6 Å². The zero-order valence-corrected chi connectivity index (χ0v) is 20.8. The van der Waals surface area contributed by atoms with Crippen molar-refractivity contribution < 1.29 is 24.6 Å². The smallest absolute Gasteiger partial charge is 0.254 e. The molecule has 1 amide bonds. The fraction of sp³-hybridized carbons (Fsp3) is 0.185. The van der Waals surface area contributed by atoms with E-state index in [1.807, 2.05) is 18.2 Å². The van der Waals surface area contributed by atoms with Gasteiger partial charge >= 0.3 is 0 Å². The number of thioether (sulfide) groups is 1. The molecule has 7 nitrogen and oxygen atoms in total. The lowest BCUT2D eigenvalue weighted by Gasteiger charge is -2.36. The fourth-order valence-electron chi connectivity index (χ4n) is 4.49. The molecule has 36 heavy (non-hydrogen) atoms. The highest BCUT2D eigenvalue weighted by Crippen LogP contribution is 2.37. The van der Waals surface area contributed by atoms with E-state index in [2.05, 4.69) is 17.0 Å². The van der Waals surface area contributed by atoms with Crippen LogP contribution < -0.4 is 0 Å². The summed E-state index contributed by atoms with van der Waals surface area (Å²) < 4.78 is 0.781. The summed E-state index contributed by atoms with van der Waals surface area (Å²) in [5.74, 6) is -1.51. The Morgan fingerprint density at radius 2 is 1.47 bits per heavy atom. The maximum absolute atomic E-state index is 13.2. The maximum Gasteiger partial charge on any atom is 0.254 e. The summed E-state index contributed by atoms with van der Waals surface area (Å²) in [6.45, 7) is 2.03. The summed E-state index contributed by atoms with van der Waals surface area (Å²) in [6, 6.07) is 16.9. The van der Waals surface area contributed by atoms with Crippen LogP contribution in [0.25, 0.3) is 0 Å². The standard InChI is InChI=1S/C27H22N2O5S2/c30-20-8-4-7-18-22(20)25(33)23-19(24(18)32)13-17(14-21(23)31)26(34)28-9-11-29(12-10-28)27(35)36-15-16-5-2-1-3-6-16/h1-8,13-14,30-31H,9-12,15H2. The number of piperazine rings is 1. The van der Waals surface area contributed by atoms with Crippen LogP contribution in [0.2, 0.25) is 0 Å². The number of amides is 1. The van der Waals surface area contributed by atoms with Gasteiger partial charge in [0.2, 0.25) is 5.78 Å². The summed E-state index contributed by atoms with van der Waals surface area (Å²) in [6.07, 6.45) is 0. The Balaban J connectivity index is 1.28. The number of rotatable bonds is 3. The van der Waals surface area contributed by atoms with Crippen LogP contribution in [0.4, 0.5) is 0 Å². The number of thiocarbonyl (C=S) groups is 1. The van der Waals surface area contributed by atoms with Gasteiger partial charge in [-0.25, -0.2) is 0 Å². The number of aromatic hydroxyl groups is 2. The van der Waals surface area contributed by atoms with Crippen LogP contribution in [0.15, 0.2) is 60.7 Å². The van der Waals surface area contributed by atoms with E-state index in [-0.39, 0.29) is 39.5 Å². The topological polar surface area (TPSA) is 98.1 Å². The van der Waals surface area contributed by atoms with E-state index in [0.29, 0.717) is 26.2 Å². The second kappa shape index (κ2) is 9.75. The SMILES string of the molecule is O=C1c2cccc(O)c2C(=O)c2c(O)cc(C(=O)N3CCN(C(=S)SCc4ccccc4)CC3)cc21. The zero-order chi connectivity index (χ0) is 25.4. The molecule has 0 radical (unpaired) electrons. The number of nitrogens with zero attached hydrogens (tertiary/aromatic N) is 2. The van der Waals surface area contributed by atoms with Crippen molar-refractivity contribution >= 4 is 45.8 Å². The minimum atomic E-state index is -0.649. The molecule has 0 bridgehead atoms. The Morgan fingerprint density at radius 1 is 0.806 bits per heavy atom. The molecule has 1 heterocycles. The van der Waals surface area contributed by atoms with E-state index < -0.39 is 17.3 Å². The summed E-state index contributed by atoms with van der Waals surface area (Å²) in [5.41, 5.74) is 0.991. The first-order chi connectivity index (χ1) is 17.3. The molecule has 0 atom stereocenters. The van der Waals surface area contributed by atoms with Gasteiger partial charge in [0, 0.05) is 48.6 Å². The van der Waals surface area contributed by atoms with Crippen molar-refractivity contribution in [2.24, 2.45) is 0 Å². The van der Waals surface area contributed by atoms with Crippen molar-refractivity contribution in [1.29, 1.82) is 0 Å². The van der Waals surface area contributed by atoms with E-state index in [4.69, 9.17) is 12.2 Å².